The Morgan fingerprint density at radius 1 is 1.17 bits per heavy atom. The number of hydrogen-bond acceptors (Lipinski definition) is 1. The lowest BCUT2D eigenvalue weighted by molar-refractivity contribution is 0.394. The fourth-order valence-corrected chi connectivity index (χ4v) is 3.73. The summed E-state index contributed by atoms with van der Waals surface area (Å²) < 4.78 is 3.20. The van der Waals surface area contributed by atoms with E-state index in [0.717, 1.165) is 6.54 Å². The molecule has 0 spiro atoms. The van der Waals surface area contributed by atoms with Gasteiger partial charge in [-0.25, -0.2) is 0 Å². The van der Waals surface area contributed by atoms with Gasteiger partial charge in [-0.2, -0.15) is 0 Å². The third-order valence-electron chi connectivity index (χ3n) is 4.02. The summed E-state index contributed by atoms with van der Waals surface area (Å²) in [6, 6.07) is 6.18. The van der Waals surface area contributed by atoms with Crippen LogP contribution in [0.25, 0.3) is 0 Å². The summed E-state index contributed by atoms with van der Waals surface area (Å²) in [4.78, 5) is 0. The third-order valence-corrected chi connectivity index (χ3v) is 5.30. The first-order chi connectivity index (χ1) is 8.68. The van der Waals surface area contributed by atoms with Crippen molar-refractivity contribution in [1.29, 1.82) is 0 Å². The lowest BCUT2D eigenvalue weighted by Gasteiger charge is -2.30. The molecule has 1 aromatic carbocycles. The molecular weight excluding hydrogens is 380 g/mol. The number of hydrogen-bond donors (Lipinski definition) is 1. The number of nitrogens with one attached hydrogen (secondary N) is 1. The lowest BCUT2D eigenvalue weighted by Crippen LogP contribution is -2.23. The quantitative estimate of drug-likeness (QED) is 0.391. The van der Waals surface area contributed by atoms with Gasteiger partial charge in [-0.3, -0.25) is 3.53 Å². The molecule has 0 saturated heterocycles. The number of halogens is 3. The first kappa shape index (κ1) is 14.9. The standard InChI is InChI=1S/C14H18Cl2IN/c15-12-5-4-11(10-13(12)16)14(6-1-2-7-14)8-3-9-18-17/h4-5,10,18H,1-3,6-9H2. The maximum Gasteiger partial charge on any atom is 0.0595 e. The maximum atomic E-state index is 6.17. The van der Waals surface area contributed by atoms with E-state index in [1.807, 2.05) is 6.07 Å². The van der Waals surface area contributed by atoms with E-state index in [4.69, 9.17) is 23.2 Å². The molecule has 18 heavy (non-hydrogen) atoms. The summed E-state index contributed by atoms with van der Waals surface area (Å²) in [7, 11) is 0. The SMILES string of the molecule is Clc1ccc(C2(CCCNI)CCCC2)cc1Cl. The Balaban J connectivity index is 2.20. The number of benzene rings is 1. The Morgan fingerprint density at radius 2 is 1.89 bits per heavy atom. The van der Waals surface area contributed by atoms with Crippen LogP contribution in [-0.4, -0.2) is 6.54 Å². The minimum absolute atomic E-state index is 0.335. The molecule has 1 aliphatic rings. The molecule has 0 bridgehead atoms. The third kappa shape index (κ3) is 3.33. The van der Waals surface area contributed by atoms with Crippen molar-refractivity contribution in [3.63, 3.8) is 0 Å². The predicted octanol–water partition coefficient (Wildman–Crippen LogP) is 5.53. The fraction of sp³-hybridized carbons (Fsp3) is 0.571. The monoisotopic (exact) mass is 397 g/mol. The zero-order valence-corrected chi connectivity index (χ0v) is 14.0. The van der Waals surface area contributed by atoms with Crippen molar-refractivity contribution in [2.45, 2.75) is 43.9 Å². The molecule has 1 nitrogen and oxygen atoms in total. The molecule has 0 heterocycles. The largest absolute Gasteiger partial charge is 0.261 e. The Labute approximate surface area is 133 Å². The summed E-state index contributed by atoms with van der Waals surface area (Å²) >= 11 is 14.4. The molecule has 1 saturated carbocycles. The van der Waals surface area contributed by atoms with E-state index in [2.05, 4.69) is 38.5 Å². The van der Waals surface area contributed by atoms with Gasteiger partial charge in [-0.15, -0.1) is 0 Å². The molecule has 2 rings (SSSR count). The van der Waals surface area contributed by atoms with Crippen LogP contribution in [0.15, 0.2) is 18.2 Å². The molecular formula is C14H18Cl2IN. The van der Waals surface area contributed by atoms with E-state index in [9.17, 15) is 0 Å². The topological polar surface area (TPSA) is 12.0 Å². The summed E-state index contributed by atoms with van der Waals surface area (Å²) in [6.07, 6.45) is 7.68. The fourth-order valence-electron chi connectivity index (χ4n) is 3.05. The van der Waals surface area contributed by atoms with Crippen molar-refractivity contribution in [1.82, 2.24) is 3.53 Å². The van der Waals surface area contributed by atoms with Crippen molar-refractivity contribution < 1.29 is 0 Å². The van der Waals surface area contributed by atoms with Crippen LogP contribution in [0.3, 0.4) is 0 Å². The van der Waals surface area contributed by atoms with E-state index in [1.54, 1.807) is 0 Å². The van der Waals surface area contributed by atoms with Crippen LogP contribution in [0.5, 0.6) is 0 Å². The maximum absolute atomic E-state index is 6.17. The average Bonchev–Trinajstić information content (AvgIpc) is 2.83. The number of rotatable bonds is 5. The van der Waals surface area contributed by atoms with Crippen LogP contribution in [0.2, 0.25) is 10.0 Å². The van der Waals surface area contributed by atoms with Gasteiger partial charge in [0.15, 0.2) is 0 Å². The summed E-state index contributed by atoms with van der Waals surface area (Å²) in [6.45, 7) is 1.07. The molecule has 0 aromatic heterocycles. The second-order valence-corrected chi connectivity index (χ2v) is 6.68. The van der Waals surface area contributed by atoms with Crippen LogP contribution in [0.4, 0.5) is 0 Å². The summed E-state index contributed by atoms with van der Waals surface area (Å²) in [5, 5.41) is 1.34. The van der Waals surface area contributed by atoms with E-state index in [-0.39, 0.29) is 0 Å². The molecule has 0 amide bonds. The molecule has 100 valence electrons. The Kier molecular flexibility index (Phi) is 5.61. The highest BCUT2D eigenvalue weighted by atomic mass is 127. The van der Waals surface area contributed by atoms with Gasteiger partial charge in [-0.05, 0) is 48.8 Å². The zero-order chi connectivity index (χ0) is 13.0. The van der Waals surface area contributed by atoms with Crippen LogP contribution >= 0.6 is 46.1 Å². The van der Waals surface area contributed by atoms with Gasteiger partial charge in [0.25, 0.3) is 0 Å². The molecule has 0 unspecified atom stereocenters. The van der Waals surface area contributed by atoms with E-state index < -0.39 is 0 Å². The van der Waals surface area contributed by atoms with Crippen LogP contribution < -0.4 is 3.53 Å². The Hall–Kier alpha value is 0.490. The summed E-state index contributed by atoms with van der Waals surface area (Å²) in [5.41, 5.74) is 1.71. The normalized spacial score (nSPS) is 18.2. The van der Waals surface area contributed by atoms with Crippen LogP contribution in [0, 0.1) is 0 Å². The average molecular weight is 398 g/mol. The van der Waals surface area contributed by atoms with Gasteiger partial charge in [0.05, 0.1) is 10.0 Å². The van der Waals surface area contributed by atoms with Crippen molar-refractivity contribution >= 4 is 46.1 Å². The summed E-state index contributed by atoms with van der Waals surface area (Å²) in [5.74, 6) is 0. The second-order valence-electron chi connectivity index (χ2n) is 5.10. The van der Waals surface area contributed by atoms with Crippen molar-refractivity contribution in [2.75, 3.05) is 6.54 Å². The molecule has 4 heteroatoms. The van der Waals surface area contributed by atoms with Crippen molar-refractivity contribution in [2.24, 2.45) is 0 Å². The van der Waals surface area contributed by atoms with Gasteiger partial charge >= 0.3 is 0 Å². The highest BCUT2D eigenvalue weighted by Gasteiger charge is 2.35. The first-order valence-corrected chi connectivity index (χ1v) is 8.30. The van der Waals surface area contributed by atoms with E-state index in [0.29, 0.717) is 15.5 Å². The minimum Gasteiger partial charge on any atom is -0.261 e. The first-order valence-electron chi connectivity index (χ1n) is 6.47. The lowest BCUT2D eigenvalue weighted by atomic mass is 9.75. The van der Waals surface area contributed by atoms with E-state index >= 15 is 0 Å². The van der Waals surface area contributed by atoms with Crippen molar-refractivity contribution in [3.05, 3.63) is 33.8 Å². The molecule has 0 atom stereocenters. The molecule has 1 aliphatic carbocycles. The highest BCUT2D eigenvalue weighted by molar-refractivity contribution is 14.1. The molecule has 1 N–H and O–H groups in total. The second kappa shape index (κ2) is 6.78. The zero-order valence-electron chi connectivity index (χ0n) is 10.3. The minimum atomic E-state index is 0.335. The predicted molar refractivity (Wildman–Crippen MR) is 87.9 cm³/mol. The Morgan fingerprint density at radius 3 is 2.50 bits per heavy atom. The van der Waals surface area contributed by atoms with Gasteiger partial charge in [-0.1, -0.05) is 42.1 Å². The van der Waals surface area contributed by atoms with E-state index in [1.165, 1.54) is 44.1 Å². The molecule has 1 fully saturated rings. The van der Waals surface area contributed by atoms with Crippen LogP contribution in [0.1, 0.15) is 44.1 Å². The van der Waals surface area contributed by atoms with Crippen molar-refractivity contribution in [3.8, 4) is 0 Å². The van der Waals surface area contributed by atoms with Gasteiger partial charge < -0.3 is 0 Å². The van der Waals surface area contributed by atoms with Gasteiger partial charge in [0.1, 0.15) is 0 Å². The van der Waals surface area contributed by atoms with Gasteiger partial charge in [0, 0.05) is 29.4 Å². The Bertz CT molecular complexity index is 403. The molecule has 0 aliphatic heterocycles. The molecule has 0 radical (unpaired) electrons. The van der Waals surface area contributed by atoms with Gasteiger partial charge in [0.2, 0.25) is 0 Å². The highest BCUT2D eigenvalue weighted by Crippen LogP contribution is 2.45. The smallest absolute Gasteiger partial charge is 0.0595 e. The molecule has 1 aromatic rings. The van der Waals surface area contributed by atoms with Crippen LogP contribution in [-0.2, 0) is 5.41 Å².